The fourth-order valence-corrected chi connectivity index (χ4v) is 1.33. The molecule has 1 aromatic rings. The zero-order valence-electron chi connectivity index (χ0n) is 10.7. The molecule has 0 bridgehead atoms. The Balaban J connectivity index is 2.94. The number of carbonyl (C=O) groups is 1. The Hall–Kier alpha value is -3.30. The number of nitrogens with one attached hydrogen (secondary N) is 1. The van der Waals surface area contributed by atoms with Crippen molar-refractivity contribution >= 4 is 11.7 Å². The second-order valence-corrected chi connectivity index (χ2v) is 3.51. The minimum atomic E-state index is -0.440. The molecule has 1 aromatic carbocycles. The Morgan fingerprint density at radius 3 is 2.20 bits per heavy atom. The molecule has 1 N–H and O–H groups in total. The van der Waals surface area contributed by atoms with E-state index in [9.17, 15) is 4.79 Å². The summed E-state index contributed by atoms with van der Waals surface area (Å²) in [7, 11) is 0. The molecule has 6 heteroatoms. The van der Waals surface area contributed by atoms with E-state index in [0.717, 1.165) is 0 Å². The van der Waals surface area contributed by atoms with Crippen molar-refractivity contribution in [2.45, 2.75) is 6.92 Å². The van der Waals surface area contributed by atoms with Gasteiger partial charge in [-0.15, -0.1) is 0 Å². The van der Waals surface area contributed by atoms with Crippen LogP contribution in [0.1, 0.15) is 17.3 Å². The van der Waals surface area contributed by atoms with Crippen LogP contribution in [0, 0.1) is 34.0 Å². The van der Waals surface area contributed by atoms with Gasteiger partial charge < -0.3 is 10.1 Å². The van der Waals surface area contributed by atoms with Crippen LogP contribution in [0.3, 0.4) is 0 Å². The van der Waals surface area contributed by atoms with Crippen molar-refractivity contribution in [2.24, 2.45) is 0 Å². The summed E-state index contributed by atoms with van der Waals surface area (Å²) in [6.45, 7) is 2.00. The van der Waals surface area contributed by atoms with Crippen LogP contribution in [-0.2, 0) is 4.74 Å². The maximum atomic E-state index is 11.4. The van der Waals surface area contributed by atoms with Crippen molar-refractivity contribution in [1.29, 1.82) is 15.8 Å². The number of hydrogen-bond donors (Lipinski definition) is 1. The van der Waals surface area contributed by atoms with E-state index in [4.69, 9.17) is 20.5 Å². The van der Waals surface area contributed by atoms with Gasteiger partial charge in [0.1, 0.15) is 23.9 Å². The number of allylic oxidation sites excluding steroid dienone is 2. The summed E-state index contributed by atoms with van der Waals surface area (Å²) >= 11 is 0. The summed E-state index contributed by atoms with van der Waals surface area (Å²) in [4.78, 5) is 11.4. The van der Waals surface area contributed by atoms with E-state index in [-0.39, 0.29) is 17.9 Å². The van der Waals surface area contributed by atoms with E-state index >= 15 is 0 Å². The normalized spacial score (nSPS) is 8.50. The third-order valence-corrected chi connectivity index (χ3v) is 2.25. The third kappa shape index (κ3) is 3.60. The highest BCUT2D eigenvalue weighted by Crippen LogP contribution is 2.14. The first kappa shape index (κ1) is 14.8. The van der Waals surface area contributed by atoms with Crippen molar-refractivity contribution in [2.75, 3.05) is 11.9 Å². The van der Waals surface area contributed by atoms with Crippen LogP contribution >= 0.6 is 0 Å². The van der Waals surface area contributed by atoms with Gasteiger partial charge in [-0.25, -0.2) is 4.79 Å². The van der Waals surface area contributed by atoms with Crippen molar-refractivity contribution in [3.8, 4) is 18.2 Å². The molecule has 0 aliphatic carbocycles. The molecule has 0 aromatic heterocycles. The predicted octanol–water partition coefficient (Wildman–Crippen LogP) is 2.10. The monoisotopic (exact) mass is 266 g/mol. The van der Waals surface area contributed by atoms with Crippen LogP contribution in [0.5, 0.6) is 0 Å². The molecule has 0 spiro atoms. The van der Waals surface area contributed by atoms with Gasteiger partial charge in [-0.3, -0.25) is 0 Å². The van der Waals surface area contributed by atoms with Crippen molar-refractivity contribution in [3.63, 3.8) is 0 Å². The third-order valence-electron chi connectivity index (χ3n) is 2.25. The molecular formula is C14H10N4O2. The standard InChI is InChI=1S/C14H10N4O2/c1-2-20-14(19)10-3-5-12(6-4-10)18-13(9-17)11(7-15)8-16/h3-6,18H,2H2,1H3. The van der Waals surface area contributed by atoms with E-state index in [1.54, 1.807) is 37.3 Å². The molecule has 20 heavy (non-hydrogen) atoms. The summed E-state index contributed by atoms with van der Waals surface area (Å²) in [5.41, 5.74) is 0.416. The molecule has 6 nitrogen and oxygen atoms in total. The van der Waals surface area contributed by atoms with Gasteiger partial charge in [-0.1, -0.05) is 0 Å². The summed E-state index contributed by atoms with van der Waals surface area (Å²) in [6, 6.07) is 11.1. The smallest absolute Gasteiger partial charge is 0.338 e. The molecule has 0 heterocycles. The number of rotatable bonds is 4. The van der Waals surface area contributed by atoms with Crippen LogP contribution in [-0.4, -0.2) is 12.6 Å². The van der Waals surface area contributed by atoms with Gasteiger partial charge in [0.05, 0.1) is 12.2 Å². The Morgan fingerprint density at radius 1 is 1.15 bits per heavy atom. The molecule has 0 amide bonds. The molecule has 1 rings (SSSR count). The molecule has 0 atom stereocenters. The average Bonchev–Trinajstić information content (AvgIpc) is 2.48. The lowest BCUT2D eigenvalue weighted by molar-refractivity contribution is 0.0526. The lowest BCUT2D eigenvalue weighted by Gasteiger charge is -2.06. The first-order valence-corrected chi connectivity index (χ1v) is 5.65. The van der Waals surface area contributed by atoms with Crippen molar-refractivity contribution in [3.05, 3.63) is 41.1 Å². The number of nitriles is 3. The molecule has 0 saturated carbocycles. The Morgan fingerprint density at radius 2 is 1.75 bits per heavy atom. The van der Waals surface area contributed by atoms with E-state index in [0.29, 0.717) is 11.3 Å². The van der Waals surface area contributed by atoms with Crippen LogP contribution in [0.4, 0.5) is 5.69 Å². The van der Waals surface area contributed by atoms with Gasteiger partial charge >= 0.3 is 5.97 Å². The Labute approximate surface area is 116 Å². The lowest BCUT2D eigenvalue weighted by Crippen LogP contribution is -2.05. The topological polar surface area (TPSA) is 110 Å². The van der Waals surface area contributed by atoms with E-state index in [2.05, 4.69) is 5.32 Å². The second kappa shape index (κ2) is 7.20. The lowest BCUT2D eigenvalue weighted by atomic mass is 10.2. The zero-order chi connectivity index (χ0) is 15.0. The molecule has 0 saturated heterocycles. The number of ether oxygens (including phenoxy) is 1. The molecule has 0 fully saturated rings. The fourth-order valence-electron chi connectivity index (χ4n) is 1.33. The van der Waals surface area contributed by atoms with Crippen LogP contribution in [0.15, 0.2) is 35.5 Å². The molecule has 0 unspecified atom stereocenters. The highest BCUT2D eigenvalue weighted by molar-refractivity contribution is 5.89. The highest BCUT2D eigenvalue weighted by atomic mass is 16.5. The van der Waals surface area contributed by atoms with Crippen LogP contribution in [0.2, 0.25) is 0 Å². The minimum Gasteiger partial charge on any atom is -0.462 e. The van der Waals surface area contributed by atoms with Gasteiger partial charge in [0, 0.05) is 5.69 Å². The number of nitrogens with zero attached hydrogens (tertiary/aromatic N) is 3. The molecule has 0 radical (unpaired) electrons. The summed E-state index contributed by atoms with van der Waals surface area (Å²) in [5.74, 6) is -0.440. The maximum Gasteiger partial charge on any atom is 0.338 e. The fraction of sp³-hybridized carbons (Fsp3) is 0.143. The summed E-state index contributed by atoms with van der Waals surface area (Å²) in [5, 5.41) is 28.9. The largest absolute Gasteiger partial charge is 0.462 e. The molecule has 98 valence electrons. The van der Waals surface area contributed by atoms with Crippen LogP contribution < -0.4 is 5.32 Å². The number of anilines is 1. The Bertz CT molecular complexity index is 638. The van der Waals surface area contributed by atoms with Gasteiger partial charge in [0.25, 0.3) is 0 Å². The number of benzene rings is 1. The van der Waals surface area contributed by atoms with Gasteiger partial charge in [-0.2, -0.15) is 15.8 Å². The molecular weight excluding hydrogens is 256 g/mol. The second-order valence-electron chi connectivity index (χ2n) is 3.51. The predicted molar refractivity (Wildman–Crippen MR) is 69.9 cm³/mol. The minimum absolute atomic E-state index is 0.140. The van der Waals surface area contributed by atoms with Crippen molar-refractivity contribution < 1.29 is 9.53 Å². The average molecular weight is 266 g/mol. The van der Waals surface area contributed by atoms with Gasteiger partial charge in [0.2, 0.25) is 0 Å². The first-order valence-electron chi connectivity index (χ1n) is 5.65. The number of carbonyl (C=O) groups excluding carboxylic acids is 1. The molecule has 0 aliphatic heterocycles. The van der Waals surface area contributed by atoms with Gasteiger partial charge in [-0.05, 0) is 31.2 Å². The van der Waals surface area contributed by atoms with E-state index < -0.39 is 5.97 Å². The zero-order valence-corrected chi connectivity index (χ0v) is 10.7. The van der Waals surface area contributed by atoms with E-state index in [1.807, 2.05) is 0 Å². The van der Waals surface area contributed by atoms with E-state index in [1.165, 1.54) is 12.1 Å². The quantitative estimate of drug-likeness (QED) is 0.660. The first-order chi connectivity index (χ1) is 9.65. The summed E-state index contributed by atoms with van der Waals surface area (Å²) in [6.07, 6.45) is 0. The number of esters is 1. The maximum absolute atomic E-state index is 11.4. The SMILES string of the molecule is CCOC(=O)c1ccc(NC(C#N)=C(C#N)C#N)cc1. The highest BCUT2D eigenvalue weighted by Gasteiger charge is 2.08. The summed E-state index contributed by atoms with van der Waals surface area (Å²) < 4.78 is 4.84. The molecule has 0 aliphatic rings. The Kier molecular flexibility index (Phi) is 5.32. The van der Waals surface area contributed by atoms with Crippen molar-refractivity contribution in [1.82, 2.24) is 0 Å². The number of hydrogen-bond acceptors (Lipinski definition) is 6. The van der Waals surface area contributed by atoms with Gasteiger partial charge in [0.15, 0.2) is 5.57 Å². The van der Waals surface area contributed by atoms with Crippen LogP contribution in [0.25, 0.3) is 0 Å².